The Morgan fingerprint density at radius 1 is 1.25 bits per heavy atom. The zero-order chi connectivity index (χ0) is 20.5. The highest BCUT2D eigenvalue weighted by atomic mass is 32.2. The first-order chi connectivity index (χ1) is 13.2. The highest BCUT2D eigenvalue weighted by Gasteiger charge is 2.47. The van der Waals surface area contributed by atoms with Gasteiger partial charge in [-0.25, -0.2) is 12.8 Å². The molecule has 3 rings (SSSR count). The number of hydrogen-bond donors (Lipinski definition) is 0. The first-order valence-corrected chi connectivity index (χ1v) is 11.4. The van der Waals surface area contributed by atoms with Crippen LogP contribution in [-0.2, 0) is 29.6 Å². The molecule has 6 nitrogen and oxygen atoms in total. The molecule has 0 spiro atoms. The smallest absolute Gasteiger partial charge is 0.317 e. The summed E-state index contributed by atoms with van der Waals surface area (Å²) in [7, 11) is -1.60. The summed E-state index contributed by atoms with van der Waals surface area (Å²) in [4.78, 5) is 27.1. The van der Waals surface area contributed by atoms with E-state index in [2.05, 4.69) is 0 Å². The van der Waals surface area contributed by atoms with Crippen molar-refractivity contribution in [2.45, 2.75) is 56.6 Å². The number of ether oxygens (including phenoxy) is 1. The number of carbonyl (C=O) groups excluding carboxylic acids is 2. The zero-order valence-corrected chi connectivity index (χ0v) is 17.0. The minimum absolute atomic E-state index is 0.0554. The lowest BCUT2D eigenvalue weighted by atomic mass is 9.78. The normalized spacial score (nSPS) is 23.9. The van der Waals surface area contributed by atoms with E-state index in [1.54, 1.807) is 18.2 Å². The maximum Gasteiger partial charge on any atom is 0.317 e. The Balaban J connectivity index is 1.73. The fourth-order valence-electron chi connectivity index (χ4n) is 4.28. The molecule has 1 heterocycles. The highest BCUT2D eigenvalue weighted by Crippen LogP contribution is 2.43. The highest BCUT2D eigenvalue weighted by molar-refractivity contribution is 7.91. The molecule has 1 aliphatic carbocycles. The first kappa shape index (κ1) is 20.8. The van der Waals surface area contributed by atoms with Crippen LogP contribution in [0.25, 0.3) is 0 Å². The molecular weight excluding hydrogens is 385 g/mol. The summed E-state index contributed by atoms with van der Waals surface area (Å²) in [5, 5.41) is 0. The zero-order valence-electron chi connectivity index (χ0n) is 16.2. The summed E-state index contributed by atoms with van der Waals surface area (Å²) in [6.45, 7) is 1.48. The van der Waals surface area contributed by atoms with Gasteiger partial charge in [0.1, 0.15) is 5.82 Å². The number of amides is 1. The fourth-order valence-corrected chi connectivity index (χ4v) is 6.06. The second kappa shape index (κ2) is 7.81. The van der Waals surface area contributed by atoms with E-state index >= 15 is 0 Å². The SMILES string of the molecule is C[C@H](OC(=O)C1(c2ccccc2F)CCCC1)C(=O)N(C)[C@H]1CCS(=O)(=O)C1. The largest absolute Gasteiger partial charge is 0.452 e. The minimum atomic E-state index is -3.13. The van der Waals surface area contributed by atoms with Crippen molar-refractivity contribution in [1.82, 2.24) is 4.90 Å². The van der Waals surface area contributed by atoms with Crippen LogP contribution >= 0.6 is 0 Å². The standard InChI is InChI=1S/C20H26FNO5S/c1-14(18(23)22(2)15-9-12-28(25,26)13-15)27-19(24)20(10-5-6-11-20)16-7-3-4-8-17(16)21/h3-4,7-8,14-15H,5-6,9-13H2,1-2H3/t14-,15-/m0/s1. The molecule has 0 N–H and O–H groups in total. The maximum absolute atomic E-state index is 14.4. The molecule has 0 unspecified atom stereocenters. The Labute approximate surface area is 165 Å². The average Bonchev–Trinajstić information content (AvgIpc) is 3.28. The van der Waals surface area contributed by atoms with E-state index in [0.717, 1.165) is 12.8 Å². The van der Waals surface area contributed by atoms with Crippen LogP contribution in [0.15, 0.2) is 24.3 Å². The summed E-state index contributed by atoms with van der Waals surface area (Å²) < 4.78 is 43.2. The van der Waals surface area contributed by atoms with Crippen LogP contribution in [0.1, 0.15) is 44.6 Å². The van der Waals surface area contributed by atoms with Crippen LogP contribution in [-0.4, -0.2) is 55.9 Å². The second-order valence-corrected chi connectivity index (χ2v) is 10.1. The molecule has 1 aliphatic heterocycles. The minimum Gasteiger partial charge on any atom is -0.452 e. The van der Waals surface area contributed by atoms with Crippen LogP contribution in [0.5, 0.6) is 0 Å². The third-order valence-corrected chi connectivity index (χ3v) is 7.72. The number of esters is 1. The number of sulfone groups is 1. The summed E-state index contributed by atoms with van der Waals surface area (Å²) in [6, 6.07) is 5.78. The van der Waals surface area contributed by atoms with Crippen molar-refractivity contribution in [1.29, 1.82) is 0 Å². The number of likely N-dealkylation sites (N-methyl/N-ethyl adjacent to an activating group) is 1. The number of carbonyl (C=O) groups is 2. The molecule has 0 radical (unpaired) electrons. The molecule has 1 amide bonds. The quantitative estimate of drug-likeness (QED) is 0.694. The van der Waals surface area contributed by atoms with Gasteiger partial charge in [0.2, 0.25) is 0 Å². The van der Waals surface area contributed by atoms with Gasteiger partial charge in [-0.3, -0.25) is 9.59 Å². The van der Waals surface area contributed by atoms with Crippen molar-refractivity contribution in [2.24, 2.45) is 0 Å². The van der Waals surface area contributed by atoms with Gasteiger partial charge in [0.05, 0.1) is 16.9 Å². The number of rotatable bonds is 5. The van der Waals surface area contributed by atoms with Gasteiger partial charge in [-0.15, -0.1) is 0 Å². The molecule has 154 valence electrons. The predicted molar refractivity (Wildman–Crippen MR) is 102 cm³/mol. The molecule has 1 aromatic carbocycles. The lowest BCUT2D eigenvalue weighted by Crippen LogP contribution is -2.46. The molecule has 8 heteroatoms. The molecule has 1 saturated carbocycles. The third-order valence-electron chi connectivity index (χ3n) is 5.97. The summed E-state index contributed by atoms with van der Waals surface area (Å²) in [6.07, 6.45) is 1.83. The van der Waals surface area contributed by atoms with E-state index in [1.165, 1.54) is 24.9 Å². The number of halogens is 1. The maximum atomic E-state index is 14.4. The lowest BCUT2D eigenvalue weighted by Gasteiger charge is -2.31. The van der Waals surface area contributed by atoms with Crippen LogP contribution in [0.2, 0.25) is 0 Å². The topological polar surface area (TPSA) is 80.8 Å². The second-order valence-electron chi connectivity index (χ2n) is 7.82. The Morgan fingerprint density at radius 2 is 1.89 bits per heavy atom. The van der Waals surface area contributed by atoms with Gasteiger partial charge in [0, 0.05) is 18.7 Å². The molecule has 0 aromatic heterocycles. The Kier molecular flexibility index (Phi) is 5.79. The van der Waals surface area contributed by atoms with Crippen LogP contribution < -0.4 is 0 Å². The van der Waals surface area contributed by atoms with Gasteiger partial charge >= 0.3 is 5.97 Å². The Bertz CT molecular complexity index is 863. The third kappa shape index (κ3) is 3.92. The molecule has 2 atom stereocenters. The number of benzene rings is 1. The molecule has 2 fully saturated rings. The molecular formula is C20H26FNO5S. The van der Waals surface area contributed by atoms with E-state index in [1.807, 2.05) is 0 Å². The van der Waals surface area contributed by atoms with Gasteiger partial charge in [0.15, 0.2) is 15.9 Å². The van der Waals surface area contributed by atoms with Crippen LogP contribution in [0, 0.1) is 5.82 Å². The molecule has 1 aromatic rings. The van der Waals surface area contributed by atoms with Gasteiger partial charge in [-0.1, -0.05) is 31.0 Å². The summed E-state index contributed by atoms with van der Waals surface area (Å²) in [5.74, 6) is -1.51. The first-order valence-electron chi connectivity index (χ1n) is 9.59. The van der Waals surface area contributed by atoms with Crippen molar-refractivity contribution in [3.63, 3.8) is 0 Å². The van der Waals surface area contributed by atoms with Gasteiger partial charge in [-0.05, 0) is 32.3 Å². The Morgan fingerprint density at radius 3 is 2.46 bits per heavy atom. The van der Waals surface area contributed by atoms with Gasteiger partial charge in [-0.2, -0.15) is 0 Å². The molecule has 0 bridgehead atoms. The number of hydrogen-bond acceptors (Lipinski definition) is 5. The molecule has 28 heavy (non-hydrogen) atoms. The van der Waals surface area contributed by atoms with Gasteiger partial charge < -0.3 is 9.64 Å². The van der Waals surface area contributed by atoms with Crippen LogP contribution in [0.3, 0.4) is 0 Å². The van der Waals surface area contributed by atoms with E-state index in [4.69, 9.17) is 4.74 Å². The van der Waals surface area contributed by atoms with Crippen LogP contribution in [0.4, 0.5) is 4.39 Å². The van der Waals surface area contributed by atoms with E-state index in [-0.39, 0.29) is 11.5 Å². The van der Waals surface area contributed by atoms with Crippen molar-refractivity contribution < 1.29 is 27.1 Å². The van der Waals surface area contributed by atoms with E-state index in [9.17, 15) is 22.4 Å². The monoisotopic (exact) mass is 411 g/mol. The predicted octanol–water partition coefficient (Wildman–Crippen LogP) is 2.21. The molecule has 1 saturated heterocycles. The molecule has 2 aliphatic rings. The number of nitrogens with zero attached hydrogens (tertiary/aromatic N) is 1. The average molecular weight is 411 g/mol. The lowest BCUT2D eigenvalue weighted by molar-refractivity contribution is -0.164. The van der Waals surface area contributed by atoms with Gasteiger partial charge in [0.25, 0.3) is 5.91 Å². The van der Waals surface area contributed by atoms with E-state index < -0.39 is 45.1 Å². The van der Waals surface area contributed by atoms with Crippen molar-refractivity contribution in [3.8, 4) is 0 Å². The fraction of sp³-hybridized carbons (Fsp3) is 0.600. The summed E-state index contributed by atoms with van der Waals surface area (Å²) in [5.41, 5.74) is -0.762. The Hall–Kier alpha value is -1.96. The van der Waals surface area contributed by atoms with Crippen molar-refractivity contribution in [2.75, 3.05) is 18.6 Å². The van der Waals surface area contributed by atoms with E-state index in [0.29, 0.717) is 24.8 Å². The van der Waals surface area contributed by atoms with Crippen molar-refractivity contribution in [3.05, 3.63) is 35.6 Å². The van der Waals surface area contributed by atoms with Crippen molar-refractivity contribution >= 4 is 21.7 Å². The summed E-state index contributed by atoms with van der Waals surface area (Å²) >= 11 is 0.